The number of phenols is 1. The second-order valence-electron chi connectivity index (χ2n) is 5.11. The monoisotopic (exact) mass is 337 g/mol. The van der Waals surface area contributed by atoms with Crippen LogP contribution in [-0.2, 0) is 4.79 Å². The van der Waals surface area contributed by atoms with Gasteiger partial charge >= 0.3 is 0 Å². The Labute approximate surface area is 142 Å². The molecule has 3 aromatic rings. The number of hydrogen-bond acceptors (Lipinski definition) is 3. The summed E-state index contributed by atoms with van der Waals surface area (Å²) >= 11 is 5.94. The number of benzene rings is 2. The lowest BCUT2D eigenvalue weighted by molar-refractivity contribution is -0.112. The van der Waals surface area contributed by atoms with Gasteiger partial charge in [0.05, 0.1) is 0 Å². The molecule has 5 nitrogen and oxygen atoms in total. The van der Waals surface area contributed by atoms with Crippen molar-refractivity contribution in [2.45, 2.75) is 0 Å². The van der Waals surface area contributed by atoms with Crippen molar-refractivity contribution in [3.63, 3.8) is 0 Å². The minimum absolute atomic E-state index is 0.0313. The van der Waals surface area contributed by atoms with Crippen LogP contribution in [0.3, 0.4) is 0 Å². The zero-order valence-corrected chi connectivity index (χ0v) is 13.1. The number of halogens is 1. The van der Waals surface area contributed by atoms with Crippen LogP contribution in [0.15, 0.2) is 54.2 Å². The van der Waals surface area contributed by atoms with E-state index in [0.29, 0.717) is 16.3 Å². The summed E-state index contributed by atoms with van der Waals surface area (Å²) in [6, 6.07) is 13.4. The number of aromatic amines is 1. The van der Waals surface area contributed by atoms with E-state index in [1.165, 1.54) is 18.2 Å². The van der Waals surface area contributed by atoms with E-state index in [-0.39, 0.29) is 11.3 Å². The van der Waals surface area contributed by atoms with Crippen LogP contribution < -0.4 is 5.32 Å². The molecule has 0 saturated heterocycles. The molecule has 1 aromatic heterocycles. The zero-order valence-electron chi connectivity index (χ0n) is 12.4. The predicted molar refractivity (Wildman–Crippen MR) is 93.6 cm³/mol. The second-order valence-corrected chi connectivity index (χ2v) is 5.54. The molecule has 0 radical (unpaired) electrons. The van der Waals surface area contributed by atoms with Crippen LogP contribution in [0.1, 0.15) is 5.56 Å². The molecule has 0 saturated carbocycles. The van der Waals surface area contributed by atoms with Crippen molar-refractivity contribution in [3.05, 3.63) is 64.8 Å². The van der Waals surface area contributed by atoms with Gasteiger partial charge in [0.15, 0.2) is 0 Å². The van der Waals surface area contributed by atoms with Gasteiger partial charge in [0.25, 0.3) is 5.91 Å². The average molecular weight is 338 g/mol. The van der Waals surface area contributed by atoms with Gasteiger partial charge in [0, 0.05) is 39.4 Å². The average Bonchev–Trinajstić information content (AvgIpc) is 2.94. The zero-order chi connectivity index (χ0) is 17.1. The van der Waals surface area contributed by atoms with Gasteiger partial charge in [-0.15, -0.1) is 0 Å². The van der Waals surface area contributed by atoms with Crippen molar-refractivity contribution < 1.29 is 9.90 Å². The summed E-state index contributed by atoms with van der Waals surface area (Å²) in [4.78, 5) is 15.3. The van der Waals surface area contributed by atoms with Crippen LogP contribution in [0.2, 0.25) is 5.02 Å². The van der Waals surface area contributed by atoms with Gasteiger partial charge in [-0.05, 0) is 30.3 Å². The van der Waals surface area contributed by atoms with Crippen LogP contribution in [0.25, 0.3) is 17.0 Å². The van der Waals surface area contributed by atoms with E-state index in [4.69, 9.17) is 11.6 Å². The minimum atomic E-state index is -0.550. The van der Waals surface area contributed by atoms with E-state index in [9.17, 15) is 15.2 Å². The van der Waals surface area contributed by atoms with Crippen molar-refractivity contribution >= 4 is 40.2 Å². The summed E-state index contributed by atoms with van der Waals surface area (Å²) in [5.74, 6) is -0.518. The van der Waals surface area contributed by atoms with Crippen molar-refractivity contribution in [2.75, 3.05) is 5.32 Å². The number of carbonyl (C=O) groups is 1. The summed E-state index contributed by atoms with van der Waals surface area (Å²) in [6.07, 6.45) is 3.21. The molecule has 3 rings (SSSR count). The number of carbonyl (C=O) groups excluding carboxylic acids is 1. The van der Waals surface area contributed by atoms with Gasteiger partial charge in [0.2, 0.25) is 0 Å². The van der Waals surface area contributed by atoms with E-state index in [1.807, 2.05) is 12.1 Å². The SMILES string of the molecule is N#C/C(=C\c1c[nH]c2cc(Cl)ccc12)C(=O)Nc1cccc(O)c1. The third-order valence-electron chi connectivity index (χ3n) is 3.44. The molecular weight excluding hydrogens is 326 g/mol. The Kier molecular flexibility index (Phi) is 4.23. The summed E-state index contributed by atoms with van der Waals surface area (Å²) in [5.41, 5.74) is 1.89. The van der Waals surface area contributed by atoms with E-state index >= 15 is 0 Å². The first-order valence-corrected chi connectivity index (χ1v) is 7.43. The lowest BCUT2D eigenvalue weighted by Gasteiger charge is -2.04. The first kappa shape index (κ1) is 15.7. The lowest BCUT2D eigenvalue weighted by Crippen LogP contribution is -2.13. The number of nitriles is 1. The summed E-state index contributed by atoms with van der Waals surface area (Å²) in [5, 5.41) is 22.7. The quantitative estimate of drug-likeness (QED) is 0.497. The number of nitrogens with one attached hydrogen (secondary N) is 2. The molecule has 0 aliphatic heterocycles. The standard InChI is InChI=1S/C18H12ClN3O2/c19-13-4-5-16-12(10-21-17(16)7-13)6-11(9-20)18(24)22-14-2-1-3-15(23)8-14/h1-8,10,21,23H,(H,22,24)/b11-6+. The fraction of sp³-hybridized carbons (Fsp3) is 0. The van der Waals surface area contributed by atoms with Crippen LogP contribution in [0, 0.1) is 11.3 Å². The Morgan fingerprint density at radius 3 is 2.88 bits per heavy atom. The molecule has 0 aliphatic rings. The van der Waals surface area contributed by atoms with Gasteiger partial charge in [-0.2, -0.15) is 5.26 Å². The van der Waals surface area contributed by atoms with E-state index in [1.54, 1.807) is 30.5 Å². The minimum Gasteiger partial charge on any atom is -0.508 e. The third kappa shape index (κ3) is 3.24. The molecule has 0 aliphatic carbocycles. The molecule has 2 aromatic carbocycles. The number of aromatic nitrogens is 1. The number of amides is 1. The topological polar surface area (TPSA) is 88.9 Å². The Balaban J connectivity index is 1.91. The number of phenolic OH excluding ortho intramolecular Hbond substituents is 1. The van der Waals surface area contributed by atoms with Crippen LogP contribution in [-0.4, -0.2) is 16.0 Å². The van der Waals surface area contributed by atoms with Crippen LogP contribution in [0.5, 0.6) is 5.75 Å². The van der Waals surface area contributed by atoms with Crippen molar-refractivity contribution in [2.24, 2.45) is 0 Å². The van der Waals surface area contributed by atoms with Crippen LogP contribution in [0.4, 0.5) is 5.69 Å². The van der Waals surface area contributed by atoms with E-state index in [0.717, 1.165) is 10.9 Å². The molecule has 0 atom stereocenters. The molecule has 0 unspecified atom stereocenters. The molecular formula is C18H12ClN3O2. The number of aromatic hydroxyl groups is 1. The van der Waals surface area contributed by atoms with Crippen molar-refractivity contribution in [1.29, 1.82) is 5.26 Å². The highest BCUT2D eigenvalue weighted by Gasteiger charge is 2.11. The van der Waals surface area contributed by atoms with Gasteiger partial charge in [-0.3, -0.25) is 4.79 Å². The number of hydrogen-bond donors (Lipinski definition) is 3. The van der Waals surface area contributed by atoms with Crippen LogP contribution >= 0.6 is 11.6 Å². The van der Waals surface area contributed by atoms with Gasteiger partial charge in [-0.1, -0.05) is 23.7 Å². The molecule has 24 heavy (non-hydrogen) atoms. The fourth-order valence-electron chi connectivity index (χ4n) is 2.33. The fourth-order valence-corrected chi connectivity index (χ4v) is 2.50. The number of H-pyrrole nitrogens is 1. The Hall–Kier alpha value is -3.23. The number of fused-ring (bicyclic) bond motifs is 1. The molecule has 1 amide bonds. The summed E-state index contributed by atoms with van der Waals surface area (Å²) in [7, 11) is 0. The van der Waals surface area contributed by atoms with Gasteiger partial charge < -0.3 is 15.4 Å². The lowest BCUT2D eigenvalue weighted by atomic mass is 10.1. The van der Waals surface area contributed by atoms with Gasteiger partial charge in [-0.25, -0.2) is 0 Å². The predicted octanol–water partition coefficient (Wildman–Crippen LogP) is 4.07. The highest BCUT2D eigenvalue weighted by atomic mass is 35.5. The molecule has 6 heteroatoms. The molecule has 1 heterocycles. The molecule has 3 N–H and O–H groups in total. The molecule has 118 valence electrons. The number of nitrogens with zero attached hydrogens (tertiary/aromatic N) is 1. The van der Waals surface area contributed by atoms with Gasteiger partial charge in [0.1, 0.15) is 17.4 Å². The Bertz CT molecular complexity index is 999. The first-order valence-electron chi connectivity index (χ1n) is 7.05. The largest absolute Gasteiger partial charge is 0.508 e. The Morgan fingerprint density at radius 1 is 1.29 bits per heavy atom. The first-order chi connectivity index (χ1) is 11.6. The molecule has 0 bridgehead atoms. The maximum absolute atomic E-state index is 12.3. The summed E-state index contributed by atoms with van der Waals surface area (Å²) < 4.78 is 0. The Morgan fingerprint density at radius 2 is 2.12 bits per heavy atom. The molecule has 0 fully saturated rings. The number of rotatable bonds is 3. The second kappa shape index (κ2) is 6.49. The number of anilines is 1. The normalized spacial score (nSPS) is 11.2. The maximum Gasteiger partial charge on any atom is 0.266 e. The van der Waals surface area contributed by atoms with E-state index in [2.05, 4.69) is 10.3 Å². The third-order valence-corrected chi connectivity index (χ3v) is 3.68. The maximum atomic E-state index is 12.3. The highest BCUT2D eigenvalue weighted by molar-refractivity contribution is 6.31. The van der Waals surface area contributed by atoms with E-state index < -0.39 is 5.91 Å². The van der Waals surface area contributed by atoms with Crippen molar-refractivity contribution in [3.8, 4) is 11.8 Å². The van der Waals surface area contributed by atoms with Crippen molar-refractivity contribution in [1.82, 2.24) is 4.98 Å². The highest BCUT2D eigenvalue weighted by Crippen LogP contribution is 2.24. The summed E-state index contributed by atoms with van der Waals surface area (Å²) in [6.45, 7) is 0. The molecule has 0 spiro atoms. The smallest absolute Gasteiger partial charge is 0.266 e.